The molecule has 142 valence electrons. The molecule has 1 amide bonds. The van der Waals surface area contributed by atoms with E-state index in [1.165, 1.54) is 0 Å². The van der Waals surface area contributed by atoms with Gasteiger partial charge in [-0.05, 0) is 39.6 Å². The minimum absolute atomic E-state index is 0.315. The van der Waals surface area contributed by atoms with Crippen molar-refractivity contribution in [3.05, 3.63) is 102 Å². The van der Waals surface area contributed by atoms with Crippen molar-refractivity contribution in [1.29, 1.82) is 0 Å². The number of hydrogen-bond donors (Lipinski definition) is 1. The lowest BCUT2D eigenvalue weighted by Gasteiger charge is -2.09. The highest BCUT2D eigenvalue weighted by Crippen LogP contribution is 2.26. The van der Waals surface area contributed by atoms with Gasteiger partial charge < -0.3 is 4.74 Å². The fourth-order valence-electron chi connectivity index (χ4n) is 3.18. The first-order valence-corrected chi connectivity index (χ1v) is 9.30. The molecule has 0 aliphatic heterocycles. The smallest absolute Gasteiger partial charge is 0.275 e. The molecule has 4 aromatic rings. The Morgan fingerprint density at radius 2 is 1.45 bits per heavy atom. The standard InChI is InChI=1S/C25H20N2O2/c1-29-24-16-22-10-6-5-9-21(22)15-23(24)25(28)27-26-17-18-11-13-20(14-12-18)19-7-3-2-4-8-19/h2-17H,1H3,(H,27,28). The van der Waals surface area contributed by atoms with E-state index in [1.807, 2.05) is 78.9 Å². The number of carbonyl (C=O) groups excluding carboxylic acids is 1. The zero-order valence-electron chi connectivity index (χ0n) is 16.0. The maximum absolute atomic E-state index is 12.6. The first kappa shape index (κ1) is 18.4. The Bertz CT molecular complexity index is 1170. The fraction of sp³-hybridized carbons (Fsp3) is 0.0400. The molecule has 0 bridgehead atoms. The van der Waals surface area contributed by atoms with E-state index in [2.05, 4.69) is 22.7 Å². The molecular formula is C25H20N2O2. The summed E-state index contributed by atoms with van der Waals surface area (Å²) < 4.78 is 5.38. The van der Waals surface area contributed by atoms with Crippen molar-refractivity contribution in [1.82, 2.24) is 5.43 Å². The van der Waals surface area contributed by atoms with E-state index in [4.69, 9.17) is 4.74 Å². The van der Waals surface area contributed by atoms with Crippen molar-refractivity contribution in [2.24, 2.45) is 5.10 Å². The minimum atomic E-state index is -0.315. The molecule has 0 radical (unpaired) electrons. The molecule has 4 heteroatoms. The largest absolute Gasteiger partial charge is 0.496 e. The predicted octanol–water partition coefficient (Wildman–Crippen LogP) is 5.28. The lowest BCUT2D eigenvalue weighted by molar-refractivity contribution is 0.0952. The molecule has 0 aromatic heterocycles. The van der Waals surface area contributed by atoms with E-state index < -0.39 is 0 Å². The number of hydrazone groups is 1. The third-order valence-corrected chi connectivity index (χ3v) is 4.71. The number of rotatable bonds is 5. The van der Waals surface area contributed by atoms with Gasteiger partial charge in [0.2, 0.25) is 0 Å². The van der Waals surface area contributed by atoms with Crippen LogP contribution in [-0.2, 0) is 0 Å². The van der Waals surface area contributed by atoms with Gasteiger partial charge in [-0.25, -0.2) is 5.43 Å². The first-order chi connectivity index (χ1) is 14.2. The summed E-state index contributed by atoms with van der Waals surface area (Å²) in [6.45, 7) is 0. The number of fused-ring (bicyclic) bond motifs is 1. The molecule has 0 atom stereocenters. The highest BCUT2D eigenvalue weighted by atomic mass is 16.5. The van der Waals surface area contributed by atoms with Crippen molar-refractivity contribution in [2.45, 2.75) is 0 Å². The normalized spacial score (nSPS) is 10.9. The van der Waals surface area contributed by atoms with Crippen LogP contribution < -0.4 is 10.2 Å². The molecule has 0 fully saturated rings. The molecule has 0 unspecified atom stereocenters. The summed E-state index contributed by atoms with van der Waals surface area (Å²) in [6, 6.07) is 29.7. The van der Waals surface area contributed by atoms with Gasteiger partial charge in [-0.2, -0.15) is 5.10 Å². The Hall–Kier alpha value is -3.92. The first-order valence-electron chi connectivity index (χ1n) is 9.30. The molecule has 0 spiro atoms. The fourth-order valence-corrected chi connectivity index (χ4v) is 3.18. The number of methoxy groups -OCH3 is 1. The van der Waals surface area contributed by atoms with Gasteiger partial charge >= 0.3 is 0 Å². The molecule has 29 heavy (non-hydrogen) atoms. The van der Waals surface area contributed by atoms with E-state index >= 15 is 0 Å². The predicted molar refractivity (Wildman–Crippen MR) is 117 cm³/mol. The van der Waals surface area contributed by atoms with Gasteiger partial charge in [0.05, 0.1) is 18.9 Å². The summed E-state index contributed by atoms with van der Waals surface area (Å²) in [5, 5.41) is 6.08. The Kier molecular flexibility index (Phi) is 5.34. The molecule has 4 rings (SSSR count). The van der Waals surface area contributed by atoms with Crippen molar-refractivity contribution in [2.75, 3.05) is 7.11 Å². The highest BCUT2D eigenvalue weighted by Gasteiger charge is 2.13. The summed E-state index contributed by atoms with van der Waals surface area (Å²) >= 11 is 0. The van der Waals surface area contributed by atoms with Gasteiger partial charge in [-0.15, -0.1) is 0 Å². The number of ether oxygens (including phenoxy) is 1. The van der Waals surface area contributed by atoms with Crippen molar-refractivity contribution in [3.63, 3.8) is 0 Å². The summed E-state index contributed by atoms with van der Waals surface area (Å²) in [5.74, 6) is 0.202. The number of hydrogen-bond acceptors (Lipinski definition) is 3. The van der Waals surface area contributed by atoms with E-state index in [9.17, 15) is 4.79 Å². The average Bonchev–Trinajstić information content (AvgIpc) is 2.79. The lowest BCUT2D eigenvalue weighted by atomic mass is 10.0. The van der Waals surface area contributed by atoms with Crippen LogP contribution in [0, 0.1) is 0 Å². The monoisotopic (exact) mass is 380 g/mol. The molecule has 0 saturated heterocycles. The van der Waals surface area contributed by atoms with E-state index in [1.54, 1.807) is 13.3 Å². The van der Waals surface area contributed by atoms with Gasteiger partial charge in [0.25, 0.3) is 5.91 Å². The Labute approximate surface area is 169 Å². The van der Waals surface area contributed by atoms with Crippen LogP contribution in [-0.4, -0.2) is 19.2 Å². The van der Waals surface area contributed by atoms with Crippen LogP contribution in [0.15, 0.2) is 96.1 Å². The molecule has 4 nitrogen and oxygen atoms in total. The quantitative estimate of drug-likeness (QED) is 0.378. The number of nitrogens with zero attached hydrogens (tertiary/aromatic N) is 1. The third-order valence-electron chi connectivity index (χ3n) is 4.71. The van der Waals surface area contributed by atoms with Crippen LogP contribution in [0.4, 0.5) is 0 Å². The molecule has 0 heterocycles. The Morgan fingerprint density at radius 3 is 2.14 bits per heavy atom. The Morgan fingerprint density at radius 1 is 0.828 bits per heavy atom. The third kappa shape index (κ3) is 4.17. The maximum atomic E-state index is 12.6. The molecule has 1 N–H and O–H groups in total. The number of amides is 1. The number of carbonyl (C=O) groups is 1. The lowest BCUT2D eigenvalue weighted by Crippen LogP contribution is -2.18. The van der Waals surface area contributed by atoms with Crippen molar-refractivity contribution >= 4 is 22.9 Å². The van der Waals surface area contributed by atoms with Gasteiger partial charge in [0.15, 0.2) is 0 Å². The summed E-state index contributed by atoms with van der Waals surface area (Å²) in [7, 11) is 1.55. The second-order valence-electron chi connectivity index (χ2n) is 6.59. The van der Waals surface area contributed by atoms with Crippen LogP contribution in [0.25, 0.3) is 21.9 Å². The van der Waals surface area contributed by atoms with Gasteiger partial charge in [0.1, 0.15) is 5.75 Å². The molecule has 4 aromatic carbocycles. The van der Waals surface area contributed by atoms with Crippen LogP contribution in [0.3, 0.4) is 0 Å². The van der Waals surface area contributed by atoms with Crippen molar-refractivity contribution in [3.8, 4) is 16.9 Å². The van der Waals surface area contributed by atoms with Crippen LogP contribution >= 0.6 is 0 Å². The summed E-state index contributed by atoms with van der Waals surface area (Å²) in [5.41, 5.74) is 6.22. The average molecular weight is 380 g/mol. The van der Waals surface area contributed by atoms with E-state index in [0.29, 0.717) is 11.3 Å². The zero-order valence-corrected chi connectivity index (χ0v) is 16.0. The zero-order chi connectivity index (χ0) is 20.1. The second-order valence-corrected chi connectivity index (χ2v) is 6.59. The van der Waals surface area contributed by atoms with Gasteiger partial charge in [-0.3, -0.25) is 4.79 Å². The van der Waals surface area contributed by atoms with Crippen LogP contribution in [0.2, 0.25) is 0 Å². The van der Waals surface area contributed by atoms with Crippen molar-refractivity contribution < 1.29 is 9.53 Å². The van der Waals surface area contributed by atoms with Crippen LogP contribution in [0.5, 0.6) is 5.75 Å². The molecule has 0 saturated carbocycles. The second kappa shape index (κ2) is 8.40. The topological polar surface area (TPSA) is 50.7 Å². The minimum Gasteiger partial charge on any atom is -0.496 e. The van der Waals surface area contributed by atoms with E-state index in [-0.39, 0.29) is 5.91 Å². The highest BCUT2D eigenvalue weighted by molar-refractivity contribution is 6.02. The maximum Gasteiger partial charge on any atom is 0.275 e. The number of nitrogens with one attached hydrogen (secondary N) is 1. The number of benzene rings is 4. The Balaban J connectivity index is 1.48. The van der Waals surface area contributed by atoms with Gasteiger partial charge in [0, 0.05) is 0 Å². The van der Waals surface area contributed by atoms with E-state index in [0.717, 1.165) is 27.5 Å². The molecular weight excluding hydrogens is 360 g/mol. The SMILES string of the molecule is COc1cc2ccccc2cc1C(=O)NN=Cc1ccc(-c2ccccc2)cc1. The molecule has 0 aliphatic carbocycles. The summed E-state index contributed by atoms with van der Waals surface area (Å²) in [6.07, 6.45) is 1.63. The summed E-state index contributed by atoms with van der Waals surface area (Å²) in [4.78, 5) is 12.6. The van der Waals surface area contributed by atoms with Crippen LogP contribution in [0.1, 0.15) is 15.9 Å². The van der Waals surface area contributed by atoms with Gasteiger partial charge in [-0.1, -0.05) is 78.9 Å². The molecule has 0 aliphatic rings.